The zero-order chi connectivity index (χ0) is 15.1. The maximum atomic E-state index is 13.3. The summed E-state index contributed by atoms with van der Waals surface area (Å²) in [6.07, 6.45) is 0. The van der Waals surface area contributed by atoms with Crippen LogP contribution in [0.25, 0.3) is 16.7 Å². The number of imidazole rings is 1. The van der Waals surface area contributed by atoms with Gasteiger partial charge < -0.3 is 5.11 Å². The molecule has 2 aromatic carbocycles. The molecular weight excluding hydrogens is 339 g/mol. The number of aryl methyl sites for hydroxylation is 1. The van der Waals surface area contributed by atoms with Gasteiger partial charge in [0.2, 0.25) is 0 Å². The van der Waals surface area contributed by atoms with Crippen LogP contribution in [0, 0.1) is 12.7 Å². The molecule has 1 heterocycles. The van der Waals surface area contributed by atoms with Gasteiger partial charge in [0.15, 0.2) is 0 Å². The predicted molar refractivity (Wildman–Crippen MR) is 80.4 cm³/mol. The second-order valence-corrected chi connectivity index (χ2v) is 5.42. The summed E-state index contributed by atoms with van der Waals surface area (Å²) in [7, 11) is 0. The Bertz CT molecular complexity index is 873. The van der Waals surface area contributed by atoms with Crippen LogP contribution in [-0.2, 0) is 0 Å². The maximum absolute atomic E-state index is 13.3. The van der Waals surface area contributed by atoms with Crippen molar-refractivity contribution in [2.75, 3.05) is 0 Å². The minimum atomic E-state index is -1.03. The van der Waals surface area contributed by atoms with E-state index in [2.05, 4.69) is 20.9 Å². The first-order valence-electron chi connectivity index (χ1n) is 6.16. The molecule has 0 aliphatic carbocycles. The third kappa shape index (κ3) is 2.21. The van der Waals surface area contributed by atoms with Gasteiger partial charge in [-0.2, -0.15) is 0 Å². The number of fused-ring (bicyclic) bond motifs is 1. The summed E-state index contributed by atoms with van der Waals surface area (Å²) in [6.45, 7) is 1.78. The molecule has 0 amide bonds. The highest BCUT2D eigenvalue weighted by Gasteiger charge is 2.18. The molecule has 0 aliphatic heterocycles. The molecule has 3 rings (SSSR count). The number of aromatic nitrogens is 2. The van der Waals surface area contributed by atoms with Gasteiger partial charge in [-0.05, 0) is 53.2 Å². The highest BCUT2D eigenvalue weighted by Crippen LogP contribution is 2.29. The third-order valence-corrected chi connectivity index (χ3v) is 3.86. The summed E-state index contributed by atoms with van der Waals surface area (Å²) in [6, 6.07) is 9.19. The SMILES string of the molecule is Cc1nc2cccc(C(=O)O)c2n1-c1ccc(F)cc1Br. The van der Waals surface area contributed by atoms with Gasteiger partial charge in [0, 0.05) is 4.47 Å². The Morgan fingerprint density at radius 3 is 2.76 bits per heavy atom. The van der Waals surface area contributed by atoms with Gasteiger partial charge in [0.25, 0.3) is 0 Å². The van der Waals surface area contributed by atoms with Crippen LogP contribution >= 0.6 is 15.9 Å². The van der Waals surface area contributed by atoms with Crippen molar-refractivity contribution < 1.29 is 14.3 Å². The molecule has 0 fully saturated rings. The van der Waals surface area contributed by atoms with E-state index in [4.69, 9.17) is 0 Å². The second kappa shape index (κ2) is 4.96. The van der Waals surface area contributed by atoms with E-state index in [0.29, 0.717) is 27.0 Å². The van der Waals surface area contributed by atoms with Crippen LogP contribution in [0.2, 0.25) is 0 Å². The molecule has 3 aromatic rings. The smallest absolute Gasteiger partial charge is 0.337 e. The fraction of sp³-hybridized carbons (Fsp3) is 0.0667. The number of rotatable bonds is 2. The number of aromatic carboxylic acids is 1. The zero-order valence-electron chi connectivity index (χ0n) is 11.0. The van der Waals surface area contributed by atoms with E-state index >= 15 is 0 Å². The standard InChI is InChI=1S/C15H10BrFN2O2/c1-8-18-12-4-2-3-10(15(20)21)14(12)19(8)13-6-5-9(17)7-11(13)16/h2-7H,1H3,(H,20,21). The average molecular weight is 349 g/mol. The Morgan fingerprint density at radius 1 is 1.33 bits per heavy atom. The Kier molecular flexibility index (Phi) is 3.25. The lowest BCUT2D eigenvalue weighted by Gasteiger charge is -2.10. The van der Waals surface area contributed by atoms with Gasteiger partial charge in [0.05, 0.1) is 22.3 Å². The van der Waals surface area contributed by atoms with Crippen molar-refractivity contribution in [2.45, 2.75) is 6.92 Å². The molecule has 21 heavy (non-hydrogen) atoms. The summed E-state index contributed by atoms with van der Waals surface area (Å²) < 4.78 is 15.5. The maximum Gasteiger partial charge on any atom is 0.337 e. The Hall–Kier alpha value is -2.21. The number of carboxylic acid groups (broad SMARTS) is 1. The molecule has 0 bridgehead atoms. The first-order valence-corrected chi connectivity index (χ1v) is 6.95. The largest absolute Gasteiger partial charge is 0.478 e. The Morgan fingerprint density at radius 2 is 2.10 bits per heavy atom. The molecule has 0 atom stereocenters. The van der Waals surface area contributed by atoms with Crippen LogP contribution in [0.15, 0.2) is 40.9 Å². The minimum Gasteiger partial charge on any atom is -0.478 e. The van der Waals surface area contributed by atoms with E-state index in [1.165, 1.54) is 18.2 Å². The minimum absolute atomic E-state index is 0.157. The number of para-hydroxylation sites is 1. The van der Waals surface area contributed by atoms with Gasteiger partial charge in [-0.1, -0.05) is 6.07 Å². The van der Waals surface area contributed by atoms with E-state index in [1.807, 2.05) is 0 Å². The van der Waals surface area contributed by atoms with Crippen molar-refractivity contribution in [1.29, 1.82) is 0 Å². The molecule has 0 radical (unpaired) electrons. The number of benzene rings is 2. The molecular formula is C15H10BrFN2O2. The second-order valence-electron chi connectivity index (χ2n) is 4.57. The number of hydrogen-bond donors (Lipinski definition) is 1. The molecule has 1 N–H and O–H groups in total. The Labute approximate surface area is 128 Å². The topological polar surface area (TPSA) is 55.1 Å². The average Bonchev–Trinajstić information content (AvgIpc) is 2.74. The van der Waals surface area contributed by atoms with E-state index in [-0.39, 0.29) is 11.4 Å². The fourth-order valence-electron chi connectivity index (χ4n) is 2.37. The fourth-order valence-corrected chi connectivity index (χ4v) is 2.90. The van der Waals surface area contributed by atoms with E-state index < -0.39 is 5.97 Å². The molecule has 106 valence electrons. The van der Waals surface area contributed by atoms with Crippen LogP contribution in [0.3, 0.4) is 0 Å². The van der Waals surface area contributed by atoms with Crippen molar-refractivity contribution in [3.8, 4) is 5.69 Å². The van der Waals surface area contributed by atoms with Gasteiger partial charge in [0.1, 0.15) is 11.6 Å². The van der Waals surface area contributed by atoms with E-state index in [1.54, 1.807) is 29.7 Å². The predicted octanol–water partition coefficient (Wildman–Crippen LogP) is 3.93. The number of halogens is 2. The number of nitrogens with zero attached hydrogens (tertiary/aromatic N) is 2. The summed E-state index contributed by atoms with van der Waals surface area (Å²) in [5.41, 5.74) is 1.88. The molecule has 0 spiro atoms. The van der Waals surface area contributed by atoms with Gasteiger partial charge in [-0.3, -0.25) is 4.57 Å². The number of hydrogen-bond acceptors (Lipinski definition) is 2. The monoisotopic (exact) mass is 348 g/mol. The van der Waals surface area contributed by atoms with Crippen molar-refractivity contribution in [1.82, 2.24) is 9.55 Å². The molecule has 1 aromatic heterocycles. The normalized spacial score (nSPS) is 11.0. The van der Waals surface area contributed by atoms with Crippen molar-refractivity contribution in [3.63, 3.8) is 0 Å². The zero-order valence-corrected chi connectivity index (χ0v) is 12.6. The lowest BCUT2D eigenvalue weighted by Crippen LogP contribution is -2.04. The van der Waals surface area contributed by atoms with Crippen LogP contribution < -0.4 is 0 Å². The first-order chi connectivity index (χ1) is 9.99. The van der Waals surface area contributed by atoms with Gasteiger partial charge in [-0.25, -0.2) is 14.2 Å². The quantitative estimate of drug-likeness (QED) is 0.763. The highest BCUT2D eigenvalue weighted by atomic mass is 79.9. The summed E-state index contributed by atoms with van der Waals surface area (Å²) >= 11 is 3.31. The van der Waals surface area contributed by atoms with Crippen molar-refractivity contribution in [2.24, 2.45) is 0 Å². The van der Waals surface area contributed by atoms with Crippen LogP contribution in [0.5, 0.6) is 0 Å². The lowest BCUT2D eigenvalue weighted by atomic mass is 10.1. The number of carbonyl (C=O) groups is 1. The van der Waals surface area contributed by atoms with Crippen LogP contribution in [0.4, 0.5) is 4.39 Å². The molecule has 4 nitrogen and oxygen atoms in total. The molecule has 0 unspecified atom stereocenters. The van der Waals surface area contributed by atoms with Crippen molar-refractivity contribution in [3.05, 3.63) is 58.1 Å². The highest BCUT2D eigenvalue weighted by molar-refractivity contribution is 9.10. The summed E-state index contributed by atoms with van der Waals surface area (Å²) in [5, 5.41) is 9.36. The molecule has 6 heteroatoms. The Balaban J connectivity index is 2.41. The van der Waals surface area contributed by atoms with Gasteiger partial charge in [-0.15, -0.1) is 0 Å². The lowest BCUT2D eigenvalue weighted by molar-refractivity contribution is 0.0698. The van der Waals surface area contributed by atoms with E-state index in [0.717, 1.165) is 0 Å². The third-order valence-electron chi connectivity index (χ3n) is 3.23. The number of carboxylic acids is 1. The van der Waals surface area contributed by atoms with Crippen LogP contribution in [0.1, 0.15) is 16.2 Å². The summed E-state index contributed by atoms with van der Waals surface area (Å²) in [4.78, 5) is 15.8. The molecule has 0 saturated carbocycles. The molecule has 0 aliphatic rings. The van der Waals surface area contributed by atoms with Crippen molar-refractivity contribution >= 4 is 32.9 Å². The van der Waals surface area contributed by atoms with Gasteiger partial charge >= 0.3 is 5.97 Å². The first kappa shape index (κ1) is 13.8. The van der Waals surface area contributed by atoms with Crippen LogP contribution in [-0.4, -0.2) is 20.6 Å². The van der Waals surface area contributed by atoms with E-state index in [9.17, 15) is 14.3 Å². The molecule has 0 saturated heterocycles. The summed E-state index contributed by atoms with van der Waals surface area (Å²) in [5.74, 6) is -0.767.